The van der Waals surface area contributed by atoms with Gasteiger partial charge >= 0.3 is 0 Å². The minimum absolute atomic E-state index is 0.424. The van der Waals surface area contributed by atoms with Crippen molar-refractivity contribution in [3.8, 4) is 5.75 Å². The summed E-state index contributed by atoms with van der Waals surface area (Å²) in [6.45, 7) is 0.821. The quantitative estimate of drug-likeness (QED) is 0.889. The minimum atomic E-state index is 0.424. The SMILES string of the molecule is c1ccc2c(c1)SCCC2Nc1ccc2c(c1)CCO2. The number of hydrogen-bond donors (Lipinski definition) is 1. The van der Waals surface area contributed by atoms with Crippen molar-refractivity contribution < 1.29 is 4.74 Å². The van der Waals surface area contributed by atoms with Gasteiger partial charge in [0.1, 0.15) is 5.75 Å². The van der Waals surface area contributed by atoms with E-state index < -0.39 is 0 Å². The summed E-state index contributed by atoms with van der Waals surface area (Å²) >= 11 is 1.96. The standard InChI is InChI=1S/C17H17NOS/c1-2-4-17-14(3-1)15(8-10-20-17)18-13-5-6-16-12(11-13)7-9-19-16/h1-6,11,15,18H,7-10H2. The zero-order valence-electron chi connectivity index (χ0n) is 11.3. The lowest BCUT2D eigenvalue weighted by molar-refractivity contribution is 0.357. The molecule has 2 aromatic carbocycles. The van der Waals surface area contributed by atoms with Crippen LogP contribution in [-0.2, 0) is 6.42 Å². The molecule has 2 aliphatic heterocycles. The van der Waals surface area contributed by atoms with E-state index in [0.717, 1.165) is 18.8 Å². The summed E-state index contributed by atoms with van der Waals surface area (Å²) in [5.41, 5.74) is 3.97. The van der Waals surface area contributed by atoms with Crippen LogP contribution in [-0.4, -0.2) is 12.4 Å². The third-order valence-corrected chi connectivity index (χ3v) is 5.11. The van der Waals surface area contributed by atoms with E-state index in [4.69, 9.17) is 4.74 Å². The Balaban J connectivity index is 1.61. The van der Waals surface area contributed by atoms with Gasteiger partial charge in [0.05, 0.1) is 12.6 Å². The minimum Gasteiger partial charge on any atom is -0.493 e. The van der Waals surface area contributed by atoms with E-state index >= 15 is 0 Å². The predicted molar refractivity (Wildman–Crippen MR) is 83.8 cm³/mol. The lowest BCUT2D eigenvalue weighted by Gasteiger charge is -2.27. The smallest absolute Gasteiger partial charge is 0.122 e. The van der Waals surface area contributed by atoms with E-state index in [2.05, 4.69) is 47.8 Å². The number of fused-ring (bicyclic) bond motifs is 2. The van der Waals surface area contributed by atoms with Crippen molar-refractivity contribution in [3.63, 3.8) is 0 Å². The first kappa shape index (κ1) is 12.2. The molecule has 0 saturated heterocycles. The third-order valence-electron chi connectivity index (χ3n) is 3.99. The molecule has 3 heteroatoms. The Morgan fingerprint density at radius 2 is 2.10 bits per heavy atom. The van der Waals surface area contributed by atoms with Gasteiger partial charge in [-0.1, -0.05) is 18.2 Å². The predicted octanol–water partition coefficient (Wildman–Crippen LogP) is 4.27. The van der Waals surface area contributed by atoms with E-state index in [1.807, 2.05) is 11.8 Å². The van der Waals surface area contributed by atoms with Crippen LogP contribution in [0.4, 0.5) is 5.69 Å². The van der Waals surface area contributed by atoms with Crippen molar-refractivity contribution in [2.24, 2.45) is 0 Å². The van der Waals surface area contributed by atoms with Crippen molar-refractivity contribution >= 4 is 17.4 Å². The number of ether oxygens (including phenoxy) is 1. The average Bonchev–Trinajstić information content (AvgIpc) is 2.95. The molecular formula is C17H17NOS. The third kappa shape index (κ3) is 2.16. The molecule has 1 unspecified atom stereocenters. The number of benzene rings is 2. The second-order valence-corrected chi connectivity index (χ2v) is 6.43. The maximum absolute atomic E-state index is 5.57. The van der Waals surface area contributed by atoms with Crippen LogP contribution < -0.4 is 10.1 Å². The van der Waals surface area contributed by atoms with Gasteiger partial charge in [0.25, 0.3) is 0 Å². The number of rotatable bonds is 2. The zero-order chi connectivity index (χ0) is 13.4. The van der Waals surface area contributed by atoms with E-state index in [1.54, 1.807) is 0 Å². The molecule has 0 aliphatic carbocycles. The van der Waals surface area contributed by atoms with Crippen molar-refractivity contribution in [2.75, 3.05) is 17.7 Å². The van der Waals surface area contributed by atoms with Gasteiger partial charge in [0.2, 0.25) is 0 Å². The molecule has 102 valence electrons. The first-order valence-electron chi connectivity index (χ1n) is 7.14. The summed E-state index contributed by atoms with van der Waals surface area (Å²) in [5, 5.41) is 3.70. The highest BCUT2D eigenvalue weighted by molar-refractivity contribution is 7.99. The molecule has 2 nitrogen and oxygen atoms in total. The van der Waals surface area contributed by atoms with Crippen LogP contribution in [0.2, 0.25) is 0 Å². The number of anilines is 1. The Kier molecular flexibility index (Phi) is 3.07. The van der Waals surface area contributed by atoms with Crippen molar-refractivity contribution in [1.82, 2.24) is 0 Å². The Hall–Kier alpha value is -1.61. The van der Waals surface area contributed by atoms with E-state index in [9.17, 15) is 0 Å². The van der Waals surface area contributed by atoms with Gasteiger partial charge in [-0.15, -0.1) is 11.8 Å². The first-order chi connectivity index (χ1) is 9.90. The Labute approximate surface area is 123 Å². The van der Waals surface area contributed by atoms with Gasteiger partial charge in [-0.05, 0) is 41.8 Å². The fourth-order valence-corrected chi connectivity index (χ4v) is 4.09. The molecule has 0 radical (unpaired) electrons. The molecule has 1 N–H and O–H groups in total. The number of thioether (sulfide) groups is 1. The number of nitrogens with one attached hydrogen (secondary N) is 1. The molecule has 0 aromatic heterocycles. The fourth-order valence-electron chi connectivity index (χ4n) is 2.97. The highest BCUT2D eigenvalue weighted by Crippen LogP contribution is 2.38. The molecule has 0 spiro atoms. The molecule has 0 amide bonds. The lowest BCUT2D eigenvalue weighted by Crippen LogP contribution is -2.16. The summed E-state index contributed by atoms with van der Waals surface area (Å²) < 4.78 is 5.57. The topological polar surface area (TPSA) is 21.3 Å². The Morgan fingerprint density at radius 3 is 3.10 bits per heavy atom. The highest BCUT2D eigenvalue weighted by Gasteiger charge is 2.20. The molecule has 1 atom stereocenters. The number of hydrogen-bond acceptors (Lipinski definition) is 3. The molecule has 0 bridgehead atoms. The largest absolute Gasteiger partial charge is 0.493 e. The van der Waals surface area contributed by atoms with Crippen LogP contribution in [0, 0.1) is 0 Å². The summed E-state index contributed by atoms with van der Waals surface area (Å²) in [7, 11) is 0. The van der Waals surface area contributed by atoms with Crippen LogP contribution in [0.25, 0.3) is 0 Å². The van der Waals surface area contributed by atoms with Gasteiger partial charge in [0, 0.05) is 22.8 Å². The average molecular weight is 283 g/mol. The van der Waals surface area contributed by atoms with Gasteiger partial charge in [-0.25, -0.2) is 0 Å². The van der Waals surface area contributed by atoms with Crippen LogP contribution >= 0.6 is 11.8 Å². The Bertz CT molecular complexity index is 641. The molecule has 2 aliphatic rings. The van der Waals surface area contributed by atoms with Gasteiger partial charge in [-0.2, -0.15) is 0 Å². The molecule has 2 heterocycles. The molecule has 2 aromatic rings. The van der Waals surface area contributed by atoms with Gasteiger partial charge in [-0.3, -0.25) is 0 Å². The van der Waals surface area contributed by atoms with E-state index in [0.29, 0.717) is 6.04 Å². The van der Waals surface area contributed by atoms with E-state index in [1.165, 1.54) is 33.9 Å². The summed E-state index contributed by atoms with van der Waals surface area (Å²) in [4.78, 5) is 1.42. The highest BCUT2D eigenvalue weighted by atomic mass is 32.2. The van der Waals surface area contributed by atoms with Crippen LogP contribution in [0.1, 0.15) is 23.6 Å². The Morgan fingerprint density at radius 1 is 1.15 bits per heavy atom. The van der Waals surface area contributed by atoms with Crippen LogP contribution in [0.3, 0.4) is 0 Å². The fraction of sp³-hybridized carbons (Fsp3) is 0.294. The molecule has 0 saturated carbocycles. The van der Waals surface area contributed by atoms with E-state index in [-0.39, 0.29) is 0 Å². The second-order valence-electron chi connectivity index (χ2n) is 5.29. The zero-order valence-corrected chi connectivity index (χ0v) is 12.1. The van der Waals surface area contributed by atoms with Crippen molar-refractivity contribution in [2.45, 2.75) is 23.8 Å². The van der Waals surface area contributed by atoms with Gasteiger partial charge in [0.15, 0.2) is 0 Å². The monoisotopic (exact) mass is 283 g/mol. The summed E-state index contributed by atoms with van der Waals surface area (Å²) in [6, 6.07) is 15.6. The molecule has 4 rings (SSSR count). The summed E-state index contributed by atoms with van der Waals surface area (Å²) in [5.74, 6) is 2.23. The van der Waals surface area contributed by atoms with Crippen LogP contribution in [0.15, 0.2) is 47.4 Å². The van der Waals surface area contributed by atoms with Crippen molar-refractivity contribution in [3.05, 3.63) is 53.6 Å². The normalized spacial score (nSPS) is 19.9. The van der Waals surface area contributed by atoms with Gasteiger partial charge < -0.3 is 10.1 Å². The second kappa shape index (κ2) is 5.06. The molecule has 0 fully saturated rings. The lowest BCUT2D eigenvalue weighted by atomic mass is 10.0. The molecule has 20 heavy (non-hydrogen) atoms. The maximum Gasteiger partial charge on any atom is 0.122 e. The van der Waals surface area contributed by atoms with Crippen molar-refractivity contribution in [1.29, 1.82) is 0 Å². The maximum atomic E-state index is 5.57. The molecular weight excluding hydrogens is 266 g/mol. The van der Waals surface area contributed by atoms with Crippen LogP contribution in [0.5, 0.6) is 5.75 Å². The first-order valence-corrected chi connectivity index (χ1v) is 8.13. The summed E-state index contributed by atoms with van der Waals surface area (Å²) in [6.07, 6.45) is 2.21.